The Labute approximate surface area is 173 Å². The number of piperidine rings is 1. The summed E-state index contributed by atoms with van der Waals surface area (Å²) in [6, 6.07) is 7.16. The lowest BCUT2D eigenvalue weighted by atomic mass is 9.73. The van der Waals surface area contributed by atoms with E-state index >= 15 is 0 Å². The first-order chi connectivity index (χ1) is 14.1. The zero-order chi connectivity index (χ0) is 20.5. The second kappa shape index (κ2) is 8.07. The fourth-order valence-corrected chi connectivity index (χ4v) is 5.34. The van der Waals surface area contributed by atoms with Gasteiger partial charge in [-0.15, -0.1) is 6.58 Å². The van der Waals surface area contributed by atoms with Gasteiger partial charge in [-0.1, -0.05) is 24.8 Å². The number of carbonyl (C=O) groups excluding carboxylic acids is 1. The Hall–Kier alpha value is -2.53. The molecule has 0 radical (unpaired) electrons. The largest absolute Gasteiger partial charge is 0.355 e. The molecule has 5 heteroatoms. The van der Waals surface area contributed by atoms with Crippen LogP contribution >= 0.6 is 0 Å². The van der Waals surface area contributed by atoms with Crippen molar-refractivity contribution < 1.29 is 4.79 Å². The van der Waals surface area contributed by atoms with E-state index in [2.05, 4.69) is 46.6 Å². The first-order valence-corrected chi connectivity index (χ1v) is 10.8. The maximum Gasteiger partial charge on any atom is 0.317 e. The number of likely N-dealkylation sites (tertiary alicyclic amines) is 1. The van der Waals surface area contributed by atoms with Gasteiger partial charge in [-0.05, 0) is 50.0 Å². The van der Waals surface area contributed by atoms with Crippen molar-refractivity contribution in [2.75, 3.05) is 26.2 Å². The second-order valence-electron chi connectivity index (χ2n) is 8.17. The highest BCUT2D eigenvalue weighted by molar-refractivity contribution is 5.91. The molecule has 0 bridgehead atoms. The first-order valence-electron chi connectivity index (χ1n) is 10.8. The number of carbonyl (C=O) groups is 1. The Morgan fingerprint density at radius 2 is 2.14 bits per heavy atom. The molecule has 2 amide bonds. The summed E-state index contributed by atoms with van der Waals surface area (Å²) in [6.07, 6.45) is 5.90. The van der Waals surface area contributed by atoms with Crippen LogP contribution in [0.2, 0.25) is 0 Å². The molecule has 1 saturated heterocycles. The summed E-state index contributed by atoms with van der Waals surface area (Å²) in [7, 11) is 0. The number of aromatic amines is 1. The van der Waals surface area contributed by atoms with Crippen molar-refractivity contribution in [2.24, 2.45) is 0 Å². The van der Waals surface area contributed by atoms with Gasteiger partial charge in [0.2, 0.25) is 0 Å². The molecular formula is C24H32N4O. The average Bonchev–Trinajstić information content (AvgIpc) is 3.09. The number of benzene rings is 1. The van der Waals surface area contributed by atoms with Crippen LogP contribution in [0.15, 0.2) is 37.4 Å². The predicted molar refractivity (Wildman–Crippen MR) is 120 cm³/mol. The number of nitrogens with one attached hydrogen (secondary N) is 2. The van der Waals surface area contributed by atoms with Crippen LogP contribution in [0.5, 0.6) is 0 Å². The maximum absolute atomic E-state index is 12.7. The summed E-state index contributed by atoms with van der Waals surface area (Å²) in [5.74, 6) is 0.398. The van der Waals surface area contributed by atoms with E-state index in [9.17, 15) is 4.79 Å². The molecule has 1 fully saturated rings. The SMILES string of the molecule is C=CCN1C[C@@H](NC(=O)N(CC)CC)C[C@@H]2c3cccc4[nH]c(C=C)c(c34)C[C@H]21. The van der Waals surface area contributed by atoms with Gasteiger partial charge in [0.15, 0.2) is 0 Å². The number of fused-ring (bicyclic) bond motifs is 2. The van der Waals surface area contributed by atoms with E-state index in [-0.39, 0.29) is 12.1 Å². The fourth-order valence-electron chi connectivity index (χ4n) is 5.34. The number of urea groups is 1. The summed E-state index contributed by atoms with van der Waals surface area (Å²) in [5, 5.41) is 4.66. The molecule has 3 atom stereocenters. The average molecular weight is 393 g/mol. The molecule has 29 heavy (non-hydrogen) atoms. The van der Waals surface area contributed by atoms with Crippen molar-refractivity contribution in [3.8, 4) is 0 Å². The van der Waals surface area contributed by atoms with Gasteiger partial charge >= 0.3 is 6.03 Å². The highest BCUT2D eigenvalue weighted by Gasteiger charge is 2.41. The molecule has 2 aromatic rings. The molecule has 2 heterocycles. The topological polar surface area (TPSA) is 51.4 Å². The number of nitrogens with zero attached hydrogens (tertiary/aromatic N) is 2. The van der Waals surface area contributed by atoms with Crippen LogP contribution in [-0.2, 0) is 6.42 Å². The third-order valence-electron chi connectivity index (χ3n) is 6.68. The van der Waals surface area contributed by atoms with E-state index < -0.39 is 0 Å². The summed E-state index contributed by atoms with van der Waals surface area (Å²) in [4.78, 5) is 20.6. The molecule has 1 aliphatic heterocycles. The molecule has 1 aromatic heterocycles. The Kier molecular flexibility index (Phi) is 5.50. The highest BCUT2D eigenvalue weighted by atomic mass is 16.2. The van der Waals surface area contributed by atoms with Crippen LogP contribution in [0.1, 0.15) is 43.0 Å². The molecule has 154 valence electrons. The molecule has 0 unspecified atom stereocenters. The highest BCUT2D eigenvalue weighted by Crippen LogP contribution is 2.44. The summed E-state index contributed by atoms with van der Waals surface area (Å²) in [5.41, 5.74) is 5.11. The summed E-state index contributed by atoms with van der Waals surface area (Å²) < 4.78 is 0. The molecule has 2 N–H and O–H groups in total. The molecule has 5 nitrogen and oxygen atoms in total. The number of H-pyrrole nitrogens is 1. The monoisotopic (exact) mass is 392 g/mol. The minimum Gasteiger partial charge on any atom is -0.355 e. The first kappa shape index (κ1) is 19.8. The van der Waals surface area contributed by atoms with Crippen molar-refractivity contribution in [3.63, 3.8) is 0 Å². The van der Waals surface area contributed by atoms with Crippen molar-refractivity contribution in [1.29, 1.82) is 0 Å². The van der Waals surface area contributed by atoms with Crippen LogP contribution < -0.4 is 5.32 Å². The number of hydrogen-bond donors (Lipinski definition) is 2. The van der Waals surface area contributed by atoms with Crippen LogP contribution in [0.4, 0.5) is 4.79 Å². The van der Waals surface area contributed by atoms with Gasteiger partial charge in [-0.2, -0.15) is 0 Å². The van der Waals surface area contributed by atoms with Gasteiger partial charge in [0, 0.05) is 60.8 Å². The molecule has 4 rings (SSSR count). The van der Waals surface area contributed by atoms with Crippen molar-refractivity contribution in [3.05, 3.63) is 54.3 Å². The Bertz CT molecular complexity index is 926. The van der Waals surface area contributed by atoms with E-state index in [0.717, 1.165) is 44.7 Å². The molecule has 1 aliphatic carbocycles. The Morgan fingerprint density at radius 3 is 2.83 bits per heavy atom. The molecule has 2 aliphatic rings. The number of rotatable bonds is 6. The van der Waals surface area contributed by atoms with Gasteiger partial charge in [0.1, 0.15) is 0 Å². The van der Waals surface area contributed by atoms with Gasteiger partial charge in [-0.25, -0.2) is 4.79 Å². The Balaban J connectivity index is 1.69. The van der Waals surface area contributed by atoms with Gasteiger partial charge in [0.05, 0.1) is 0 Å². The van der Waals surface area contributed by atoms with E-state index in [0.29, 0.717) is 12.0 Å². The quantitative estimate of drug-likeness (QED) is 0.726. The number of amides is 2. The Morgan fingerprint density at radius 1 is 1.34 bits per heavy atom. The van der Waals surface area contributed by atoms with Crippen LogP contribution in [0.3, 0.4) is 0 Å². The van der Waals surface area contributed by atoms with Crippen molar-refractivity contribution >= 4 is 23.0 Å². The van der Waals surface area contributed by atoms with Gasteiger partial charge in [-0.3, -0.25) is 4.90 Å². The fraction of sp³-hybridized carbons (Fsp3) is 0.458. The molecular weight excluding hydrogens is 360 g/mol. The normalized spacial score (nSPS) is 23.4. The molecule has 0 saturated carbocycles. The van der Waals surface area contributed by atoms with E-state index in [1.54, 1.807) is 0 Å². The lowest BCUT2D eigenvalue weighted by Gasteiger charge is -2.47. The van der Waals surface area contributed by atoms with Gasteiger partial charge in [0.25, 0.3) is 0 Å². The minimum atomic E-state index is 0.0438. The van der Waals surface area contributed by atoms with E-state index in [4.69, 9.17) is 0 Å². The third kappa shape index (κ3) is 3.38. The van der Waals surface area contributed by atoms with Crippen LogP contribution in [0.25, 0.3) is 17.0 Å². The van der Waals surface area contributed by atoms with E-state index in [1.165, 1.54) is 22.0 Å². The van der Waals surface area contributed by atoms with Crippen molar-refractivity contribution in [1.82, 2.24) is 20.1 Å². The smallest absolute Gasteiger partial charge is 0.317 e. The zero-order valence-corrected chi connectivity index (χ0v) is 17.6. The summed E-state index contributed by atoms with van der Waals surface area (Å²) in [6.45, 7) is 15.2. The molecule has 1 aromatic carbocycles. The third-order valence-corrected chi connectivity index (χ3v) is 6.68. The lowest BCUT2D eigenvalue weighted by Crippen LogP contribution is -2.57. The van der Waals surface area contributed by atoms with E-state index in [1.807, 2.05) is 30.9 Å². The van der Waals surface area contributed by atoms with Gasteiger partial charge < -0.3 is 15.2 Å². The van der Waals surface area contributed by atoms with Crippen LogP contribution in [0, 0.1) is 0 Å². The standard InChI is InChI=1S/C24H32N4O/c1-5-12-28-15-16(25-24(29)27(7-3)8-4)13-18-17-10-9-11-21-23(17)19(14-22(18)28)20(6-2)26-21/h5-6,9-11,16,18,22,26H,1-2,7-8,12-15H2,3-4H3,(H,25,29)/t16-,18+,22+/m0/s1. The number of hydrogen-bond acceptors (Lipinski definition) is 2. The van der Waals surface area contributed by atoms with Crippen molar-refractivity contribution in [2.45, 2.75) is 44.7 Å². The molecule has 0 spiro atoms. The second-order valence-corrected chi connectivity index (χ2v) is 8.17. The lowest BCUT2D eigenvalue weighted by molar-refractivity contribution is 0.110. The number of aromatic nitrogens is 1. The van der Waals surface area contributed by atoms with Crippen LogP contribution in [-0.4, -0.2) is 59.1 Å². The maximum atomic E-state index is 12.7. The minimum absolute atomic E-state index is 0.0438. The predicted octanol–water partition coefficient (Wildman–Crippen LogP) is 4.13. The zero-order valence-electron chi connectivity index (χ0n) is 17.6. The summed E-state index contributed by atoms with van der Waals surface area (Å²) >= 11 is 0.